The number of benzene rings is 2. The Balaban J connectivity index is 0.00000341. The van der Waals surface area contributed by atoms with Crippen LogP contribution >= 0.6 is 24.0 Å². The molecule has 1 aromatic heterocycles. The van der Waals surface area contributed by atoms with Crippen LogP contribution in [-0.4, -0.2) is 33.3 Å². The average molecular weight is 535 g/mol. The van der Waals surface area contributed by atoms with Crippen molar-refractivity contribution in [2.45, 2.75) is 19.4 Å². The molecule has 2 aromatic carbocycles. The third kappa shape index (κ3) is 8.16. The highest BCUT2D eigenvalue weighted by Gasteiger charge is 2.04. The molecule has 0 unspecified atom stereocenters. The summed E-state index contributed by atoms with van der Waals surface area (Å²) in [6.07, 6.45) is 3.33. The van der Waals surface area contributed by atoms with E-state index >= 15 is 0 Å². The van der Waals surface area contributed by atoms with Crippen molar-refractivity contribution < 1.29 is 13.9 Å². The van der Waals surface area contributed by atoms with Gasteiger partial charge in [-0.25, -0.2) is 4.99 Å². The predicted octanol–water partition coefficient (Wildman–Crippen LogP) is 4.44. The number of hydrogen-bond acceptors (Lipinski definition) is 4. The zero-order chi connectivity index (χ0) is 21.0. The highest BCUT2D eigenvalue weighted by molar-refractivity contribution is 14.0. The van der Waals surface area contributed by atoms with Gasteiger partial charge in [-0.3, -0.25) is 0 Å². The van der Waals surface area contributed by atoms with Crippen molar-refractivity contribution >= 4 is 29.9 Å². The first kappa shape index (κ1) is 24.6. The minimum absolute atomic E-state index is 0. The molecule has 0 atom stereocenters. The molecule has 0 amide bonds. The van der Waals surface area contributed by atoms with E-state index in [4.69, 9.17) is 18.9 Å². The largest absolute Gasteiger partial charge is 0.497 e. The van der Waals surface area contributed by atoms with Crippen molar-refractivity contribution in [2.75, 3.05) is 27.3 Å². The molecule has 0 spiro atoms. The molecule has 7 heteroatoms. The van der Waals surface area contributed by atoms with E-state index in [1.54, 1.807) is 20.5 Å². The molecule has 0 saturated heterocycles. The number of furan rings is 1. The predicted molar refractivity (Wildman–Crippen MR) is 135 cm³/mol. The molecule has 0 aliphatic rings. The lowest BCUT2D eigenvalue weighted by Gasteiger charge is -2.13. The topological polar surface area (TPSA) is 68.0 Å². The second kappa shape index (κ2) is 13.6. The van der Waals surface area contributed by atoms with Crippen LogP contribution in [0.2, 0.25) is 0 Å². The number of halogens is 1. The van der Waals surface area contributed by atoms with Crippen LogP contribution in [0.3, 0.4) is 0 Å². The van der Waals surface area contributed by atoms with E-state index in [-0.39, 0.29) is 24.0 Å². The van der Waals surface area contributed by atoms with Gasteiger partial charge < -0.3 is 24.5 Å². The molecule has 2 N–H and O–H groups in total. The number of aliphatic imine (C=N–C) groups is 1. The number of guanidine groups is 1. The molecule has 6 nitrogen and oxygen atoms in total. The van der Waals surface area contributed by atoms with Crippen molar-refractivity contribution in [3.63, 3.8) is 0 Å². The fourth-order valence-electron chi connectivity index (χ4n) is 3.06. The maximum absolute atomic E-state index is 5.44. The van der Waals surface area contributed by atoms with E-state index in [0.29, 0.717) is 6.54 Å². The van der Waals surface area contributed by atoms with Gasteiger partial charge in [0, 0.05) is 19.5 Å². The molecule has 0 radical (unpaired) electrons. The van der Waals surface area contributed by atoms with Crippen LogP contribution in [0.15, 0.2) is 76.3 Å². The minimum Gasteiger partial charge on any atom is -0.497 e. The van der Waals surface area contributed by atoms with Gasteiger partial charge in [0.05, 0.1) is 27.0 Å². The number of ether oxygens (including phenoxy) is 2. The average Bonchev–Trinajstić information content (AvgIpc) is 3.31. The molecular weight excluding hydrogens is 505 g/mol. The molecule has 3 rings (SSSR count). The summed E-state index contributed by atoms with van der Waals surface area (Å²) < 4.78 is 16.1. The lowest BCUT2D eigenvalue weighted by Crippen LogP contribution is -2.39. The Morgan fingerprint density at radius 1 is 0.871 bits per heavy atom. The Hall–Kier alpha value is -2.68. The van der Waals surface area contributed by atoms with E-state index in [0.717, 1.165) is 60.3 Å². The molecule has 31 heavy (non-hydrogen) atoms. The second-order valence-corrected chi connectivity index (χ2v) is 6.76. The van der Waals surface area contributed by atoms with Crippen molar-refractivity contribution in [1.82, 2.24) is 10.6 Å². The second-order valence-electron chi connectivity index (χ2n) is 6.76. The Morgan fingerprint density at radius 2 is 1.61 bits per heavy atom. The van der Waals surface area contributed by atoms with Gasteiger partial charge in [-0.05, 0) is 47.9 Å². The molecule has 3 aromatic rings. The summed E-state index contributed by atoms with van der Waals surface area (Å²) in [5.74, 6) is 3.47. The third-order valence-corrected chi connectivity index (χ3v) is 4.70. The smallest absolute Gasteiger partial charge is 0.191 e. The summed E-state index contributed by atoms with van der Waals surface area (Å²) in [5, 5.41) is 6.81. The van der Waals surface area contributed by atoms with Crippen molar-refractivity contribution in [3.8, 4) is 11.5 Å². The van der Waals surface area contributed by atoms with E-state index in [1.807, 2.05) is 54.6 Å². The van der Waals surface area contributed by atoms with E-state index in [2.05, 4.69) is 16.7 Å². The Labute approximate surface area is 201 Å². The van der Waals surface area contributed by atoms with E-state index in [9.17, 15) is 0 Å². The van der Waals surface area contributed by atoms with Crippen LogP contribution in [0.1, 0.15) is 16.9 Å². The van der Waals surface area contributed by atoms with Crippen molar-refractivity contribution in [3.05, 3.63) is 83.8 Å². The standard InChI is InChI=1S/C24H29N3O3.HI/c1-28-21-11-9-19(10-12-21)18-27-24(26-16-14-22-7-5-17-30-22)25-15-13-20-6-3-4-8-23(20)29-2;/h3-12,17H,13-16,18H2,1-2H3,(H2,25,26,27);1H. The number of nitrogens with one attached hydrogen (secondary N) is 2. The Bertz CT molecular complexity index is 912. The van der Waals surface area contributed by atoms with Gasteiger partial charge in [0.25, 0.3) is 0 Å². The van der Waals surface area contributed by atoms with Crippen molar-refractivity contribution in [2.24, 2.45) is 4.99 Å². The highest BCUT2D eigenvalue weighted by atomic mass is 127. The first-order chi connectivity index (χ1) is 14.8. The van der Waals surface area contributed by atoms with Gasteiger partial charge in [-0.15, -0.1) is 24.0 Å². The van der Waals surface area contributed by atoms with Gasteiger partial charge in [0.2, 0.25) is 0 Å². The number of methoxy groups -OCH3 is 2. The number of rotatable bonds is 10. The van der Waals surface area contributed by atoms with Gasteiger partial charge in [-0.2, -0.15) is 0 Å². The van der Waals surface area contributed by atoms with Gasteiger partial charge in [0.1, 0.15) is 17.3 Å². The third-order valence-electron chi connectivity index (χ3n) is 4.70. The quantitative estimate of drug-likeness (QED) is 0.229. The molecule has 166 valence electrons. The summed E-state index contributed by atoms with van der Waals surface area (Å²) in [4.78, 5) is 4.73. The van der Waals surface area contributed by atoms with Crippen molar-refractivity contribution in [1.29, 1.82) is 0 Å². The number of nitrogens with zero attached hydrogens (tertiary/aromatic N) is 1. The summed E-state index contributed by atoms with van der Waals surface area (Å²) in [6.45, 7) is 2.06. The monoisotopic (exact) mass is 535 g/mol. The molecule has 0 fully saturated rings. The normalized spacial score (nSPS) is 10.8. The Morgan fingerprint density at radius 3 is 2.29 bits per heavy atom. The SMILES string of the molecule is COc1ccc(CN=C(NCCc2ccco2)NCCc2ccccc2OC)cc1.I. The maximum atomic E-state index is 5.44. The molecule has 0 bridgehead atoms. The van der Waals surface area contributed by atoms with Crippen LogP contribution in [0.5, 0.6) is 11.5 Å². The highest BCUT2D eigenvalue weighted by Crippen LogP contribution is 2.17. The van der Waals surface area contributed by atoms with Crippen LogP contribution in [0.25, 0.3) is 0 Å². The van der Waals surface area contributed by atoms with Crippen LogP contribution in [-0.2, 0) is 19.4 Å². The minimum atomic E-state index is 0. The van der Waals surface area contributed by atoms with Crippen LogP contribution in [0, 0.1) is 0 Å². The van der Waals surface area contributed by atoms with Gasteiger partial charge in [-0.1, -0.05) is 30.3 Å². The lowest BCUT2D eigenvalue weighted by atomic mass is 10.1. The summed E-state index contributed by atoms with van der Waals surface area (Å²) >= 11 is 0. The molecular formula is C24H30IN3O3. The Kier molecular flexibility index (Phi) is 10.8. The summed E-state index contributed by atoms with van der Waals surface area (Å²) in [5.41, 5.74) is 2.28. The van der Waals surface area contributed by atoms with Crippen LogP contribution in [0.4, 0.5) is 0 Å². The van der Waals surface area contributed by atoms with E-state index < -0.39 is 0 Å². The fourth-order valence-corrected chi connectivity index (χ4v) is 3.06. The molecule has 1 heterocycles. The number of para-hydroxylation sites is 1. The van der Waals surface area contributed by atoms with Gasteiger partial charge in [0.15, 0.2) is 5.96 Å². The molecule has 0 aliphatic heterocycles. The van der Waals surface area contributed by atoms with Crippen LogP contribution < -0.4 is 20.1 Å². The molecule has 0 saturated carbocycles. The summed E-state index contributed by atoms with van der Waals surface area (Å²) in [7, 11) is 3.37. The zero-order valence-corrected chi connectivity index (χ0v) is 20.3. The maximum Gasteiger partial charge on any atom is 0.191 e. The fraction of sp³-hybridized carbons (Fsp3) is 0.292. The lowest BCUT2D eigenvalue weighted by molar-refractivity contribution is 0.409. The van der Waals surface area contributed by atoms with Gasteiger partial charge >= 0.3 is 0 Å². The zero-order valence-electron chi connectivity index (χ0n) is 18.0. The van der Waals surface area contributed by atoms with E-state index in [1.165, 1.54) is 0 Å². The first-order valence-corrected chi connectivity index (χ1v) is 10.1. The number of hydrogen-bond donors (Lipinski definition) is 2. The summed E-state index contributed by atoms with van der Waals surface area (Å²) in [6, 6.07) is 19.9. The first-order valence-electron chi connectivity index (χ1n) is 10.1. The molecule has 0 aliphatic carbocycles.